The van der Waals surface area contributed by atoms with Crippen LogP contribution in [0.5, 0.6) is 0 Å². The third kappa shape index (κ3) is 2.95. The Hall–Kier alpha value is -1.42. The Bertz CT molecular complexity index is 467. The van der Waals surface area contributed by atoms with Crippen molar-refractivity contribution in [2.45, 2.75) is 44.6 Å². The largest absolute Gasteiger partial charge is 0.345 e. The minimum absolute atomic E-state index is 0.110. The van der Waals surface area contributed by atoms with Crippen LogP contribution >= 0.6 is 0 Å². The summed E-state index contributed by atoms with van der Waals surface area (Å²) in [5.41, 5.74) is 6.06. The van der Waals surface area contributed by atoms with Crippen LogP contribution in [0, 0.1) is 12.7 Å². The summed E-state index contributed by atoms with van der Waals surface area (Å²) >= 11 is 0. The summed E-state index contributed by atoms with van der Waals surface area (Å²) in [6.07, 6.45) is 5.06. The highest BCUT2D eigenvalue weighted by atomic mass is 19.1. The zero-order valence-corrected chi connectivity index (χ0v) is 11.3. The molecule has 2 rings (SSSR count). The van der Waals surface area contributed by atoms with E-state index < -0.39 is 5.82 Å². The van der Waals surface area contributed by atoms with Gasteiger partial charge in [0.15, 0.2) is 0 Å². The second-order valence-electron chi connectivity index (χ2n) is 5.44. The van der Waals surface area contributed by atoms with Gasteiger partial charge in [-0.05, 0) is 31.4 Å². The van der Waals surface area contributed by atoms with Gasteiger partial charge in [0.2, 0.25) is 0 Å². The molecule has 1 saturated carbocycles. The average Bonchev–Trinajstić information content (AvgIpc) is 2.42. The molecule has 0 aliphatic heterocycles. The molecule has 1 amide bonds. The van der Waals surface area contributed by atoms with Crippen molar-refractivity contribution in [2.75, 3.05) is 6.54 Å². The first kappa shape index (κ1) is 14.0. The molecule has 1 fully saturated rings. The summed E-state index contributed by atoms with van der Waals surface area (Å²) in [6.45, 7) is 2.07. The summed E-state index contributed by atoms with van der Waals surface area (Å²) in [7, 11) is 0. The molecule has 0 bridgehead atoms. The molecular formula is C15H21FN2O. The SMILES string of the molecule is Cc1cccc(C(=O)NC2(CN)CCCCC2)c1F. The Morgan fingerprint density at radius 2 is 2.05 bits per heavy atom. The maximum Gasteiger partial charge on any atom is 0.254 e. The van der Waals surface area contributed by atoms with E-state index in [1.807, 2.05) is 0 Å². The lowest BCUT2D eigenvalue weighted by Gasteiger charge is -2.37. The number of hydrogen-bond donors (Lipinski definition) is 2. The van der Waals surface area contributed by atoms with Crippen LogP contribution in [0.1, 0.15) is 48.0 Å². The first-order valence-corrected chi connectivity index (χ1v) is 6.86. The van der Waals surface area contributed by atoms with Gasteiger partial charge in [0.25, 0.3) is 5.91 Å². The van der Waals surface area contributed by atoms with Gasteiger partial charge in [-0.2, -0.15) is 0 Å². The summed E-state index contributed by atoms with van der Waals surface area (Å²) in [5.74, 6) is -0.795. The Balaban J connectivity index is 2.17. The normalized spacial score (nSPS) is 18.1. The fourth-order valence-corrected chi connectivity index (χ4v) is 2.74. The molecule has 3 nitrogen and oxygen atoms in total. The zero-order valence-electron chi connectivity index (χ0n) is 11.3. The molecule has 0 heterocycles. The van der Waals surface area contributed by atoms with Gasteiger partial charge in [0.05, 0.1) is 11.1 Å². The highest BCUT2D eigenvalue weighted by Gasteiger charge is 2.32. The molecule has 0 saturated heterocycles. The molecule has 0 aromatic heterocycles. The molecular weight excluding hydrogens is 243 g/mol. The lowest BCUT2D eigenvalue weighted by molar-refractivity contribution is 0.0870. The maximum absolute atomic E-state index is 13.9. The van der Waals surface area contributed by atoms with Crippen LogP contribution in [-0.4, -0.2) is 18.0 Å². The van der Waals surface area contributed by atoms with E-state index in [1.54, 1.807) is 19.1 Å². The van der Waals surface area contributed by atoms with Crippen LogP contribution in [0.25, 0.3) is 0 Å². The first-order valence-electron chi connectivity index (χ1n) is 6.86. The third-order valence-corrected chi connectivity index (χ3v) is 4.02. The molecule has 0 unspecified atom stereocenters. The Kier molecular flexibility index (Phi) is 4.20. The van der Waals surface area contributed by atoms with Gasteiger partial charge in [-0.3, -0.25) is 4.79 Å². The summed E-state index contributed by atoms with van der Waals surface area (Å²) < 4.78 is 13.9. The van der Waals surface area contributed by atoms with E-state index in [-0.39, 0.29) is 17.0 Å². The van der Waals surface area contributed by atoms with Crippen molar-refractivity contribution in [1.29, 1.82) is 0 Å². The van der Waals surface area contributed by atoms with Gasteiger partial charge in [0, 0.05) is 6.54 Å². The van der Waals surface area contributed by atoms with Gasteiger partial charge in [-0.1, -0.05) is 31.4 Å². The summed E-state index contributed by atoms with van der Waals surface area (Å²) in [4.78, 5) is 12.2. The molecule has 0 atom stereocenters. The first-order chi connectivity index (χ1) is 9.08. The molecule has 19 heavy (non-hydrogen) atoms. The molecule has 1 aliphatic rings. The second-order valence-corrected chi connectivity index (χ2v) is 5.44. The minimum Gasteiger partial charge on any atom is -0.345 e. The average molecular weight is 264 g/mol. The van der Waals surface area contributed by atoms with Gasteiger partial charge in [-0.15, -0.1) is 0 Å². The van der Waals surface area contributed by atoms with Crippen LogP contribution < -0.4 is 11.1 Å². The van der Waals surface area contributed by atoms with Crippen molar-refractivity contribution in [2.24, 2.45) is 5.73 Å². The van der Waals surface area contributed by atoms with Gasteiger partial charge in [-0.25, -0.2) is 4.39 Å². The Morgan fingerprint density at radius 1 is 1.37 bits per heavy atom. The van der Waals surface area contributed by atoms with E-state index >= 15 is 0 Å². The zero-order chi connectivity index (χ0) is 13.9. The number of benzene rings is 1. The number of aryl methyl sites for hydroxylation is 1. The monoisotopic (exact) mass is 264 g/mol. The molecule has 4 heteroatoms. The summed E-state index contributed by atoms with van der Waals surface area (Å²) in [5, 5.41) is 2.96. The number of rotatable bonds is 3. The highest BCUT2D eigenvalue weighted by molar-refractivity contribution is 5.95. The van der Waals surface area contributed by atoms with E-state index in [2.05, 4.69) is 5.32 Å². The number of carbonyl (C=O) groups is 1. The fraction of sp³-hybridized carbons (Fsp3) is 0.533. The number of amides is 1. The van der Waals surface area contributed by atoms with Crippen molar-refractivity contribution in [3.05, 3.63) is 35.1 Å². The molecule has 0 spiro atoms. The molecule has 1 aliphatic carbocycles. The third-order valence-electron chi connectivity index (χ3n) is 4.02. The van der Waals surface area contributed by atoms with Gasteiger partial charge < -0.3 is 11.1 Å². The van der Waals surface area contributed by atoms with E-state index in [0.29, 0.717) is 12.1 Å². The number of halogens is 1. The topological polar surface area (TPSA) is 55.1 Å². The van der Waals surface area contributed by atoms with Crippen LogP contribution in [0.3, 0.4) is 0 Å². The van der Waals surface area contributed by atoms with Crippen LogP contribution in [-0.2, 0) is 0 Å². The fourth-order valence-electron chi connectivity index (χ4n) is 2.74. The molecule has 1 aromatic carbocycles. The lowest BCUT2D eigenvalue weighted by Crippen LogP contribution is -2.54. The Labute approximate surface area is 113 Å². The quantitative estimate of drug-likeness (QED) is 0.881. The van der Waals surface area contributed by atoms with Crippen molar-refractivity contribution in [3.8, 4) is 0 Å². The molecule has 3 N–H and O–H groups in total. The highest BCUT2D eigenvalue weighted by Crippen LogP contribution is 2.27. The molecule has 104 valence electrons. The maximum atomic E-state index is 13.9. The Morgan fingerprint density at radius 3 is 2.68 bits per heavy atom. The van der Waals surface area contributed by atoms with Crippen LogP contribution in [0.15, 0.2) is 18.2 Å². The summed E-state index contributed by atoms with van der Waals surface area (Å²) in [6, 6.07) is 4.87. The van der Waals surface area contributed by atoms with Crippen molar-refractivity contribution < 1.29 is 9.18 Å². The predicted octanol–water partition coefficient (Wildman–Crippen LogP) is 2.53. The number of hydrogen-bond acceptors (Lipinski definition) is 2. The van der Waals surface area contributed by atoms with Crippen LogP contribution in [0.4, 0.5) is 4.39 Å². The van der Waals surface area contributed by atoms with E-state index in [0.717, 1.165) is 25.7 Å². The van der Waals surface area contributed by atoms with Crippen molar-refractivity contribution >= 4 is 5.91 Å². The molecule has 1 aromatic rings. The lowest BCUT2D eigenvalue weighted by atomic mass is 9.81. The van der Waals surface area contributed by atoms with Crippen molar-refractivity contribution in [3.63, 3.8) is 0 Å². The van der Waals surface area contributed by atoms with E-state index in [4.69, 9.17) is 5.73 Å². The van der Waals surface area contributed by atoms with Gasteiger partial charge in [0.1, 0.15) is 5.82 Å². The number of carbonyl (C=O) groups excluding carboxylic acids is 1. The standard InChI is InChI=1S/C15H21FN2O/c1-11-6-5-7-12(13(11)16)14(19)18-15(10-17)8-3-2-4-9-15/h5-7H,2-4,8-10,17H2,1H3,(H,18,19). The van der Waals surface area contributed by atoms with Gasteiger partial charge >= 0.3 is 0 Å². The number of nitrogens with two attached hydrogens (primary N) is 1. The second kappa shape index (κ2) is 5.70. The smallest absolute Gasteiger partial charge is 0.254 e. The van der Waals surface area contributed by atoms with Crippen LogP contribution in [0.2, 0.25) is 0 Å². The number of nitrogens with one attached hydrogen (secondary N) is 1. The molecule has 0 radical (unpaired) electrons. The van der Waals surface area contributed by atoms with Crippen molar-refractivity contribution in [1.82, 2.24) is 5.32 Å². The van der Waals surface area contributed by atoms with E-state index in [9.17, 15) is 9.18 Å². The van der Waals surface area contributed by atoms with E-state index in [1.165, 1.54) is 12.5 Å². The minimum atomic E-state index is -0.442. The predicted molar refractivity (Wildman–Crippen MR) is 73.5 cm³/mol.